The highest BCUT2D eigenvalue weighted by Gasteiger charge is 2.16. The number of hydrogen-bond donors (Lipinski definition) is 1. The molecule has 2 aromatic heterocycles. The molecule has 2 heterocycles. The number of benzene rings is 3. The van der Waals surface area contributed by atoms with Crippen LogP contribution in [0.2, 0.25) is 0 Å². The molecule has 5 rings (SSSR count). The molecule has 0 fully saturated rings. The van der Waals surface area contributed by atoms with Gasteiger partial charge in [-0.3, -0.25) is 0 Å². The van der Waals surface area contributed by atoms with Crippen LogP contribution in [-0.4, -0.2) is 21.4 Å². The van der Waals surface area contributed by atoms with Gasteiger partial charge in [-0.1, -0.05) is 60.7 Å². The Morgan fingerprint density at radius 2 is 1.73 bits per heavy atom. The van der Waals surface area contributed by atoms with Crippen LogP contribution in [-0.2, 0) is 22.9 Å². The number of thiazole rings is 1. The molecule has 1 N–H and O–H groups in total. The molecule has 0 aliphatic carbocycles. The summed E-state index contributed by atoms with van der Waals surface area (Å²) in [6.45, 7) is 3.44. The summed E-state index contributed by atoms with van der Waals surface area (Å²) in [6.07, 6.45) is 0. The van der Waals surface area contributed by atoms with Gasteiger partial charge in [0.2, 0.25) is 5.13 Å². The molecule has 0 aliphatic heterocycles. The monoisotopic (exact) mass is 456 g/mol. The number of aromatic nitrogens is 3. The van der Waals surface area contributed by atoms with Crippen molar-refractivity contribution in [3.63, 3.8) is 0 Å². The molecule has 33 heavy (non-hydrogen) atoms. The quantitative estimate of drug-likeness (QED) is 0.162. The van der Waals surface area contributed by atoms with E-state index in [4.69, 9.17) is 19.9 Å². The number of nitrogens with one attached hydrogen (secondary N) is 1. The molecule has 3 aromatic carbocycles. The van der Waals surface area contributed by atoms with Crippen molar-refractivity contribution < 1.29 is 9.78 Å². The van der Waals surface area contributed by atoms with E-state index in [9.17, 15) is 0 Å². The van der Waals surface area contributed by atoms with Crippen molar-refractivity contribution in [2.24, 2.45) is 0 Å². The van der Waals surface area contributed by atoms with E-state index in [1.807, 2.05) is 41.3 Å². The first-order chi connectivity index (χ1) is 16.3. The van der Waals surface area contributed by atoms with Crippen molar-refractivity contribution in [2.45, 2.75) is 20.1 Å². The number of hydrogen-bond acceptors (Lipinski definition) is 6. The summed E-state index contributed by atoms with van der Waals surface area (Å²) in [6, 6.07) is 27.0. The lowest BCUT2D eigenvalue weighted by molar-refractivity contribution is -0.301. The smallest absolute Gasteiger partial charge is 0.211 e. The molecular formula is C26H24N4O2S. The predicted molar refractivity (Wildman–Crippen MR) is 132 cm³/mol. The van der Waals surface area contributed by atoms with E-state index in [0.29, 0.717) is 13.2 Å². The van der Waals surface area contributed by atoms with Gasteiger partial charge in [-0.2, -0.15) is 5.10 Å². The summed E-state index contributed by atoms with van der Waals surface area (Å²) in [7, 11) is 0. The molecule has 0 saturated heterocycles. The summed E-state index contributed by atoms with van der Waals surface area (Å²) in [5, 5.41) is 12.3. The third-order valence-corrected chi connectivity index (χ3v) is 6.06. The normalized spacial score (nSPS) is 11.2. The Kier molecular flexibility index (Phi) is 6.44. The topological polar surface area (TPSA) is 61.2 Å². The standard InChI is InChI=1S/C26H24N4O2S/c1-2-31-32-17-22-18-33-26(28-22)30-24-15-21(27-16-19-9-5-3-6-10-19)13-14-23(24)25(29-30)20-11-7-4-8-12-20/h3-15,18,27H,2,16-17H2,1H3. The summed E-state index contributed by atoms with van der Waals surface area (Å²) < 4.78 is 1.92. The lowest BCUT2D eigenvalue weighted by atomic mass is 10.1. The second-order valence-electron chi connectivity index (χ2n) is 7.49. The van der Waals surface area contributed by atoms with Crippen LogP contribution >= 0.6 is 11.3 Å². The highest BCUT2D eigenvalue weighted by atomic mass is 32.1. The number of rotatable bonds is 9. The van der Waals surface area contributed by atoms with Gasteiger partial charge in [0, 0.05) is 28.6 Å². The van der Waals surface area contributed by atoms with Crippen LogP contribution in [0.4, 0.5) is 5.69 Å². The van der Waals surface area contributed by atoms with E-state index < -0.39 is 0 Å². The fraction of sp³-hybridized carbons (Fsp3) is 0.154. The Balaban J connectivity index is 1.52. The summed E-state index contributed by atoms with van der Waals surface area (Å²) in [4.78, 5) is 14.9. The van der Waals surface area contributed by atoms with Gasteiger partial charge in [0.05, 0.1) is 17.8 Å². The van der Waals surface area contributed by atoms with Crippen molar-refractivity contribution in [3.8, 4) is 16.4 Å². The Morgan fingerprint density at radius 3 is 2.52 bits per heavy atom. The van der Waals surface area contributed by atoms with Crippen molar-refractivity contribution in [1.29, 1.82) is 0 Å². The fourth-order valence-corrected chi connectivity index (χ4v) is 4.40. The first kappa shape index (κ1) is 21.3. The number of fused-ring (bicyclic) bond motifs is 1. The molecule has 6 nitrogen and oxygen atoms in total. The van der Waals surface area contributed by atoms with Crippen LogP contribution in [0.15, 0.2) is 84.2 Å². The van der Waals surface area contributed by atoms with Crippen molar-refractivity contribution >= 4 is 27.9 Å². The highest BCUT2D eigenvalue weighted by Crippen LogP contribution is 2.32. The SMILES string of the molecule is CCOOCc1csc(-n2nc(-c3ccccc3)c3ccc(NCc4ccccc4)cc32)n1. The van der Waals surface area contributed by atoms with Crippen LogP contribution in [0.5, 0.6) is 0 Å². The number of anilines is 1. The van der Waals surface area contributed by atoms with Gasteiger partial charge < -0.3 is 5.32 Å². The summed E-state index contributed by atoms with van der Waals surface area (Å²) in [5.41, 5.74) is 6.08. The minimum Gasteiger partial charge on any atom is -0.381 e. The molecule has 166 valence electrons. The maximum Gasteiger partial charge on any atom is 0.211 e. The zero-order valence-electron chi connectivity index (χ0n) is 18.3. The lowest BCUT2D eigenvalue weighted by Crippen LogP contribution is -2.00. The Bertz CT molecular complexity index is 1330. The van der Waals surface area contributed by atoms with Gasteiger partial charge in [-0.25, -0.2) is 19.4 Å². The molecule has 0 radical (unpaired) electrons. The molecule has 7 heteroatoms. The average Bonchev–Trinajstić information content (AvgIpc) is 3.48. The molecule has 0 saturated carbocycles. The van der Waals surface area contributed by atoms with Gasteiger partial charge in [0.15, 0.2) is 0 Å². The van der Waals surface area contributed by atoms with Gasteiger partial charge in [-0.15, -0.1) is 11.3 Å². The van der Waals surface area contributed by atoms with Crippen LogP contribution in [0.3, 0.4) is 0 Å². The second kappa shape index (κ2) is 9.95. The van der Waals surface area contributed by atoms with Crippen LogP contribution in [0, 0.1) is 0 Å². The van der Waals surface area contributed by atoms with E-state index in [1.165, 1.54) is 16.9 Å². The van der Waals surface area contributed by atoms with Crippen molar-refractivity contribution in [3.05, 3.63) is 95.5 Å². The fourth-order valence-electron chi connectivity index (χ4n) is 3.63. The highest BCUT2D eigenvalue weighted by molar-refractivity contribution is 7.12. The van der Waals surface area contributed by atoms with E-state index in [2.05, 4.69) is 59.9 Å². The van der Waals surface area contributed by atoms with Crippen LogP contribution < -0.4 is 5.32 Å². The maximum atomic E-state index is 5.18. The van der Waals surface area contributed by atoms with E-state index in [0.717, 1.165) is 45.2 Å². The molecule has 0 spiro atoms. The third-order valence-electron chi connectivity index (χ3n) is 5.20. The average molecular weight is 457 g/mol. The first-order valence-electron chi connectivity index (χ1n) is 10.9. The predicted octanol–water partition coefficient (Wildman–Crippen LogP) is 6.23. The first-order valence-corrected chi connectivity index (χ1v) is 11.7. The zero-order valence-corrected chi connectivity index (χ0v) is 19.1. The van der Waals surface area contributed by atoms with Crippen LogP contribution in [0.1, 0.15) is 18.2 Å². The van der Waals surface area contributed by atoms with Gasteiger partial charge in [-0.05, 0) is 30.7 Å². The molecule has 0 amide bonds. The lowest BCUT2D eigenvalue weighted by Gasteiger charge is -2.07. The van der Waals surface area contributed by atoms with Crippen LogP contribution in [0.25, 0.3) is 27.3 Å². The van der Waals surface area contributed by atoms with E-state index in [-0.39, 0.29) is 0 Å². The largest absolute Gasteiger partial charge is 0.381 e. The Hall–Kier alpha value is -3.52. The minimum absolute atomic E-state index is 0.305. The molecule has 0 unspecified atom stereocenters. The Morgan fingerprint density at radius 1 is 0.939 bits per heavy atom. The number of nitrogens with zero attached hydrogens (tertiary/aromatic N) is 3. The maximum absolute atomic E-state index is 5.18. The van der Waals surface area contributed by atoms with Gasteiger partial charge >= 0.3 is 0 Å². The van der Waals surface area contributed by atoms with E-state index in [1.54, 1.807) is 0 Å². The third kappa shape index (κ3) is 4.80. The summed E-state index contributed by atoms with van der Waals surface area (Å²) in [5.74, 6) is 0. The minimum atomic E-state index is 0.305. The van der Waals surface area contributed by atoms with Crippen molar-refractivity contribution in [2.75, 3.05) is 11.9 Å². The summed E-state index contributed by atoms with van der Waals surface area (Å²) >= 11 is 1.53. The second-order valence-corrected chi connectivity index (χ2v) is 8.32. The van der Waals surface area contributed by atoms with E-state index >= 15 is 0 Å². The van der Waals surface area contributed by atoms with Gasteiger partial charge in [0.25, 0.3) is 0 Å². The molecule has 0 atom stereocenters. The zero-order chi connectivity index (χ0) is 22.5. The molecule has 0 bridgehead atoms. The van der Waals surface area contributed by atoms with Crippen molar-refractivity contribution in [1.82, 2.24) is 14.8 Å². The molecule has 5 aromatic rings. The molecule has 0 aliphatic rings. The van der Waals surface area contributed by atoms with Gasteiger partial charge in [0.1, 0.15) is 12.3 Å². The molecular weight excluding hydrogens is 432 g/mol. The Labute approximate surface area is 196 Å².